The van der Waals surface area contributed by atoms with Gasteiger partial charge in [-0.05, 0) is 32.0 Å². The highest BCUT2D eigenvalue weighted by Crippen LogP contribution is 2.29. The zero-order chi connectivity index (χ0) is 13.0. The van der Waals surface area contributed by atoms with E-state index in [-0.39, 0.29) is 17.8 Å². The first-order valence-electron chi connectivity index (χ1n) is 6.21. The molecular weight excluding hydrogens is 252 g/mol. The summed E-state index contributed by atoms with van der Waals surface area (Å²) in [5, 5.41) is 3.90. The first kappa shape index (κ1) is 13.3. The number of carbonyl (C=O) groups is 1. The van der Waals surface area contributed by atoms with Gasteiger partial charge in [0.2, 0.25) is 0 Å². The Balaban J connectivity index is 2.17. The second kappa shape index (κ2) is 6.16. The Hall–Kier alpha value is -1.13. The van der Waals surface area contributed by atoms with Crippen molar-refractivity contribution in [2.75, 3.05) is 19.7 Å². The Labute approximate surface area is 112 Å². The van der Waals surface area contributed by atoms with Gasteiger partial charge < -0.3 is 10.1 Å². The van der Waals surface area contributed by atoms with Crippen LogP contribution in [0.1, 0.15) is 25.0 Å². The highest BCUT2D eigenvalue weighted by molar-refractivity contribution is 6.30. The number of carbonyl (C=O) groups excluding carboxylic acids is 1. The normalized spacial score (nSPS) is 23.7. The SMILES string of the molecule is CCOC(=O)C1CCNCC1c1ccc(Cl)cn1. The van der Waals surface area contributed by atoms with Gasteiger partial charge >= 0.3 is 5.97 Å². The molecule has 98 valence electrons. The summed E-state index contributed by atoms with van der Waals surface area (Å²) in [5.74, 6) is -0.171. The van der Waals surface area contributed by atoms with Gasteiger partial charge in [-0.3, -0.25) is 9.78 Å². The second-order valence-corrected chi connectivity index (χ2v) is 4.80. The van der Waals surface area contributed by atoms with E-state index in [1.807, 2.05) is 13.0 Å². The van der Waals surface area contributed by atoms with Crippen LogP contribution in [-0.2, 0) is 9.53 Å². The minimum atomic E-state index is -0.124. The lowest BCUT2D eigenvalue weighted by Gasteiger charge is -2.30. The van der Waals surface area contributed by atoms with Crippen molar-refractivity contribution in [3.8, 4) is 0 Å². The highest BCUT2D eigenvalue weighted by atomic mass is 35.5. The molecule has 0 saturated carbocycles. The van der Waals surface area contributed by atoms with Crippen LogP contribution in [0.15, 0.2) is 18.3 Å². The van der Waals surface area contributed by atoms with E-state index in [1.54, 1.807) is 12.3 Å². The van der Waals surface area contributed by atoms with Gasteiger partial charge in [0, 0.05) is 24.4 Å². The number of piperidine rings is 1. The number of nitrogens with one attached hydrogen (secondary N) is 1. The smallest absolute Gasteiger partial charge is 0.309 e. The van der Waals surface area contributed by atoms with Crippen molar-refractivity contribution in [2.45, 2.75) is 19.3 Å². The average molecular weight is 269 g/mol. The van der Waals surface area contributed by atoms with E-state index in [4.69, 9.17) is 16.3 Å². The van der Waals surface area contributed by atoms with Crippen LogP contribution in [0.2, 0.25) is 5.02 Å². The molecule has 2 heterocycles. The number of hydrogen-bond acceptors (Lipinski definition) is 4. The lowest BCUT2D eigenvalue weighted by Crippen LogP contribution is -2.39. The van der Waals surface area contributed by atoms with Crippen molar-refractivity contribution in [1.29, 1.82) is 0 Å². The molecule has 1 aromatic rings. The first-order chi connectivity index (χ1) is 8.72. The maximum atomic E-state index is 11.9. The van der Waals surface area contributed by atoms with E-state index in [1.165, 1.54) is 0 Å². The zero-order valence-corrected chi connectivity index (χ0v) is 11.1. The maximum Gasteiger partial charge on any atom is 0.309 e. The van der Waals surface area contributed by atoms with Crippen LogP contribution in [0, 0.1) is 5.92 Å². The van der Waals surface area contributed by atoms with Gasteiger partial charge in [-0.2, -0.15) is 0 Å². The summed E-state index contributed by atoms with van der Waals surface area (Å²) in [5.41, 5.74) is 0.893. The predicted molar refractivity (Wildman–Crippen MR) is 69.6 cm³/mol. The molecule has 5 heteroatoms. The van der Waals surface area contributed by atoms with Crippen molar-refractivity contribution in [2.24, 2.45) is 5.92 Å². The topological polar surface area (TPSA) is 51.2 Å². The molecule has 1 aromatic heterocycles. The molecule has 0 amide bonds. The number of pyridine rings is 1. The summed E-state index contributed by atoms with van der Waals surface area (Å²) in [7, 11) is 0. The number of esters is 1. The molecule has 0 radical (unpaired) electrons. The van der Waals surface area contributed by atoms with E-state index < -0.39 is 0 Å². The number of nitrogens with zero attached hydrogens (tertiary/aromatic N) is 1. The summed E-state index contributed by atoms with van der Waals surface area (Å²) in [6, 6.07) is 3.69. The molecule has 1 fully saturated rings. The van der Waals surface area contributed by atoms with Crippen LogP contribution >= 0.6 is 11.6 Å². The summed E-state index contributed by atoms with van der Waals surface area (Å²) in [6.07, 6.45) is 2.40. The average Bonchev–Trinajstić information content (AvgIpc) is 2.40. The maximum absolute atomic E-state index is 11.9. The first-order valence-corrected chi connectivity index (χ1v) is 6.59. The van der Waals surface area contributed by atoms with Crippen LogP contribution < -0.4 is 5.32 Å². The number of ether oxygens (including phenoxy) is 1. The molecule has 1 aliphatic heterocycles. The molecule has 1 saturated heterocycles. The van der Waals surface area contributed by atoms with Gasteiger partial charge in [-0.15, -0.1) is 0 Å². The third kappa shape index (κ3) is 3.00. The molecule has 2 atom stereocenters. The molecule has 0 bridgehead atoms. The van der Waals surface area contributed by atoms with Crippen LogP contribution in [0.4, 0.5) is 0 Å². The molecule has 4 nitrogen and oxygen atoms in total. The fourth-order valence-corrected chi connectivity index (χ4v) is 2.42. The predicted octanol–water partition coefficient (Wildman–Crippen LogP) is 1.99. The molecule has 18 heavy (non-hydrogen) atoms. The lowest BCUT2D eigenvalue weighted by atomic mass is 9.84. The summed E-state index contributed by atoms with van der Waals surface area (Å²) >= 11 is 5.83. The van der Waals surface area contributed by atoms with E-state index in [2.05, 4.69) is 10.3 Å². The molecule has 0 aromatic carbocycles. The van der Waals surface area contributed by atoms with Crippen LogP contribution in [-0.4, -0.2) is 30.6 Å². The molecule has 0 aliphatic carbocycles. The monoisotopic (exact) mass is 268 g/mol. The third-order valence-corrected chi connectivity index (χ3v) is 3.43. The van der Waals surface area contributed by atoms with Crippen molar-refractivity contribution in [3.05, 3.63) is 29.0 Å². The standard InChI is InChI=1S/C13H17ClN2O2/c1-2-18-13(17)10-5-6-15-8-11(10)12-4-3-9(14)7-16-12/h3-4,7,10-11,15H,2,5-6,8H2,1H3. The van der Waals surface area contributed by atoms with Crippen molar-refractivity contribution in [1.82, 2.24) is 10.3 Å². The van der Waals surface area contributed by atoms with Gasteiger partial charge in [0.25, 0.3) is 0 Å². The second-order valence-electron chi connectivity index (χ2n) is 4.36. The van der Waals surface area contributed by atoms with Gasteiger partial charge in [0.05, 0.1) is 17.5 Å². The zero-order valence-electron chi connectivity index (χ0n) is 10.4. The molecule has 1 aliphatic rings. The Kier molecular flexibility index (Phi) is 4.55. The number of hydrogen-bond donors (Lipinski definition) is 1. The lowest BCUT2D eigenvalue weighted by molar-refractivity contribution is -0.149. The molecule has 0 spiro atoms. The Morgan fingerprint density at radius 2 is 2.44 bits per heavy atom. The molecular formula is C13H17ClN2O2. The van der Waals surface area contributed by atoms with Crippen LogP contribution in [0.5, 0.6) is 0 Å². The molecule has 2 unspecified atom stereocenters. The van der Waals surface area contributed by atoms with Gasteiger partial charge in [0.1, 0.15) is 0 Å². The number of halogens is 1. The molecule has 1 N–H and O–H groups in total. The van der Waals surface area contributed by atoms with Gasteiger partial charge in [-0.25, -0.2) is 0 Å². The van der Waals surface area contributed by atoms with Gasteiger partial charge in [0.15, 0.2) is 0 Å². The fraction of sp³-hybridized carbons (Fsp3) is 0.538. The third-order valence-electron chi connectivity index (χ3n) is 3.20. The van der Waals surface area contributed by atoms with Crippen molar-refractivity contribution < 1.29 is 9.53 Å². The van der Waals surface area contributed by atoms with Crippen molar-refractivity contribution >= 4 is 17.6 Å². The summed E-state index contributed by atoms with van der Waals surface area (Å²) < 4.78 is 5.14. The number of rotatable bonds is 3. The highest BCUT2D eigenvalue weighted by Gasteiger charge is 2.33. The van der Waals surface area contributed by atoms with Crippen LogP contribution in [0.25, 0.3) is 0 Å². The van der Waals surface area contributed by atoms with E-state index in [9.17, 15) is 4.79 Å². The Bertz CT molecular complexity index is 408. The van der Waals surface area contributed by atoms with Crippen LogP contribution in [0.3, 0.4) is 0 Å². The van der Waals surface area contributed by atoms with E-state index in [0.29, 0.717) is 11.6 Å². The summed E-state index contributed by atoms with van der Waals surface area (Å²) in [4.78, 5) is 16.3. The van der Waals surface area contributed by atoms with Gasteiger partial charge in [-0.1, -0.05) is 11.6 Å². The molecule has 2 rings (SSSR count). The summed E-state index contributed by atoms with van der Waals surface area (Å²) in [6.45, 7) is 3.84. The van der Waals surface area contributed by atoms with E-state index >= 15 is 0 Å². The number of aromatic nitrogens is 1. The Morgan fingerprint density at radius 1 is 1.61 bits per heavy atom. The van der Waals surface area contributed by atoms with E-state index in [0.717, 1.165) is 25.2 Å². The fourth-order valence-electron chi connectivity index (χ4n) is 2.31. The quantitative estimate of drug-likeness (QED) is 0.852. The Morgan fingerprint density at radius 3 is 3.11 bits per heavy atom. The largest absolute Gasteiger partial charge is 0.466 e. The minimum Gasteiger partial charge on any atom is -0.466 e. The van der Waals surface area contributed by atoms with Crippen molar-refractivity contribution in [3.63, 3.8) is 0 Å². The minimum absolute atomic E-state index is 0.0649.